The van der Waals surface area contributed by atoms with E-state index < -0.39 is 0 Å². The highest BCUT2D eigenvalue weighted by molar-refractivity contribution is 5.34. The monoisotopic (exact) mass is 295 g/mol. The first-order valence-electron chi connectivity index (χ1n) is 7.46. The van der Waals surface area contributed by atoms with Crippen LogP contribution in [0.3, 0.4) is 0 Å². The molecule has 1 N–H and O–H groups in total. The van der Waals surface area contributed by atoms with Crippen LogP contribution in [0.15, 0.2) is 59.4 Å². The van der Waals surface area contributed by atoms with Gasteiger partial charge in [0, 0.05) is 0 Å². The van der Waals surface area contributed by atoms with Crippen molar-refractivity contribution in [3.8, 4) is 11.4 Å². The number of hydrogen-bond donors (Lipinski definition) is 1. The molecule has 0 spiro atoms. The second-order valence-corrected chi connectivity index (χ2v) is 5.37. The molecule has 0 saturated carbocycles. The highest BCUT2D eigenvalue weighted by atomic mass is 16.2. The van der Waals surface area contributed by atoms with Crippen LogP contribution in [0.5, 0.6) is 0 Å². The molecule has 5 heteroatoms. The largest absolute Gasteiger partial charge is 0.471 e. The molecular formula is C17H19N4O+. The number of benzene rings is 2. The molecule has 0 aliphatic heterocycles. The highest BCUT2D eigenvalue weighted by Gasteiger charge is 2.16. The first-order chi connectivity index (χ1) is 10.7. The van der Waals surface area contributed by atoms with Gasteiger partial charge in [0.1, 0.15) is 5.21 Å². The molecule has 0 aliphatic carbocycles. The lowest BCUT2D eigenvalue weighted by Crippen LogP contribution is -2.37. The minimum Gasteiger partial charge on any atom is -0.214 e. The van der Waals surface area contributed by atoms with Crippen molar-refractivity contribution < 1.29 is 4.80 Å². The predicted octanol–water partition coefficient (Wildman–Crippen LogP) is 2.35. The standard InChI is InChI=1S/C17H18N4O/c1-3-13(2)14-9-11-15(12-10-14)20-17(22)18-21(19-20)16-7-5-4-6-8-16/h4-13H,3H2,1-2H3/p+1. The van der Waals surface area contributed by atoms with Crippen LogP contribution in [-0.4, -0.2) is 15.0 Å². The van der Waals surface area contributed by atoms with E-state index in [4.69, 9.17) is 0 Å². The normalized spacial score (nSPS) is 12.3. The Morgan fingerprint density at radius 3 is 2.45 bits per heavy atom. The van der Waals surface area contributed by atoms with Crippen molar-refractivity contribution in [3.63, 3.8) is 0 Å². The molecule has 0 saturated heterocycles. The maximum absolute atomic E-state index is 12.1. The van der Waals surface area contributed by atoms with Crippen LogP contribution in [0.2, 0.25) is 0 Å². The number of nitrogens with zero attached hydrogens (tertiary/aromatic N) is 3. The molecule has 1 heterocycles. The third-order valence-corrected chi connectivity index (χ3v) is 3.89. The molecule has 3 rings (SSSR count). The average Bonchev–Trinajstić information content (AvgIpc) is 2.97. The van der Waals surface area contributed by atoms with Crippen molar-refractivity contribution in [2.75, 3.05) is 0 Å². The summed E-state index contributed by atoms with van der Waals surface area (Å²) >= 11 is 0. The van der Waals surface area contributed by atoms with E-state index in [1.807, 2.05) is 42.5 Å². The number of hydrogen-bond acceptors (Lipinski definition) is 2. The minimum absolute atomic E-state index is 0.264. The van der Waals surface area contributed by atoms with Crippen LogP contribution in [0.4, 0.5) is 0 Å². The Bertz CT molecular complexity index is 803. The molecule has 1 aromatic heterocycles. The second kappa shape index (κ2) is 5.97. The SMILES string of the molecule is CCC(C)c1ccc(-n2n[n+](-c3ccccc3)[nH]c2=O)cc1. The molecule has 0 fully saturated rings. The molecule has 1 atom stereocenters. The Kier molecular flexibility index (Phi) is 3.87. The third kappa shape index (κ3) is 2.70. The number of para-hydroxylation sites is 1. The van der Waals surface area contributed by atoms with Gasteiger partial charge in [-0.2, -0.15) is 0 Å². The van der Waals surface area contributed by atoms with Crippen LogP contribution < -0.4 is 10.5 Å². The first kappa shape index (κ1) is 14.3. The molecule has 1 unspecified atom stereocenters. The molecule has 0 aliphatic rings. The molecule has 22 heavy (non-hydrogen) atoms. The van der Waals surface area contributed by atoms with Gasteiger partial charge in [-0.3, -0.25) is 0 Å². The van der Waals surface area contributed by atoms with Gasteiger partial charge in [0.2, 0.25) is 0 Å². The van der Waals surface area contributed by atoms with E-state index >= 15 is 0 Å². The molecule has 112 valence electrons. The van der Waals surface area contributed by atoms with Crippen LogP contribution in [0.25, 0.3) is 11.4 Å². The summed E-state index contributed by atoms with van der Waals surface area (Å²) in [6.07, 6.45) is 1.09. The van der Waals surface area contributed by atoms with E-state index in [2.05, 4.69) is 36.3 Å². The number of H-pyrrole nitrogens is 1. The maximum atomic E-state index is 12.1. The van der Waals surface area contributed by atoms with Gasteiger partial charge in [-0.05, 0) is 51.6 Å². The van der Waals surface area contributed by atoms with Crippen molar-refractivity contribution in [2.24, 2.45) is 0 Å². The predicted molar refractivity (Wildman–Crippen MR) is 84.4 cm³/mol. The fourth-order valence-electron chi connectivity index (χ4n) is 2.32. The zero-order valence-electron chi connectivity index (χ0n) is 12.7. The quantitative estimate of drug-likeness (QED) is 0.751. The van der Waals surface area contributed by atoms with Crippen molar-refractivity contribution >= 4 is 0 Å². The van der Waals surface area contributed by atoms with E-state index in [-0.39, 0.29) is 5.69 Å². The van der Waals surface area contributed by atoms with Crippen LogP contribution in [0.1, 0.15) is 31.7 Å². The summed E-state index contributed by atoms with van der Waals surface area (Å²) in [4.78, 5) is 13.6. The molecule has 0 radical (unpaired) electrons. The fourth-order valence-corrected chi connectivity index (χ4v) is 2.32. The number of nitrogens with one attached hydrogen (secondary N) is 1. The Morgan fingerprint density at radius 2 is 1.82 bits per heavy atom. The van der Waals surface area contributed by atoms with Gasteiger partial charge in [0.05, 0.1) is 0 Å². The number of rotatable bonds is 4. The molecule has 0 bridgehead atoms. The van der Waals surface area contributed by atoms with Gasteiger partial charge < -0.3 is 0 Å². The van der Waals surface area contributed by atoms with E-state index in [9.17, 15) is 4.79 Å². The summed E-state index contributed by atoms with van der Waals surface area (Å²) in [7, 11) is 0. The molecule has 0 amide bonds. The summed E-state index contributed by atoms with van der Waals surface area (Å²) in [6, 6.07) is 17.5. The van der Waals surface area contributed by atoms with Gasteiger partial charge in [-0.25, -0.2) is 4.79 Å². The zero-order chi connectivity index (χ0) is 15.5. The van der Waals surface area contributed by atoms with Crippen LogP contribution in [-0.2, 0) is 0 Å². The molecule has 3 aromatic rings. The van der Waals surface area contributed by atoms with E-state index in [0.29, 0.717) is 5.92 Å². The lowest BCUT2D eigenvalue weighted by Gasteiger charge is -2.07. The summed E-state index contributed by atoms with van der Waals surface area (Å²) in [5, 5.41) is 7.03. The average molecular weight is 295 g/mol. The number of tetrazole rings is 1. The number of aromatic amines is 1. The van der Waals surface area contributed by atoms with Gasteiger partial charge >= 0.3 is 5.69 Å². The maximum Gasteiger partial charge on any atom is 0.471 e. The molecular weight excluding hydrogens is 276 g/mol. The molecule has 2 aromatic carbocycles. The summed E-state index contributed by atoms with van der Waals surface area (Å²) in [5.74, 6) is 0.513. The smallest absolute Gasteiger partial charge is 0.214 e. The zero-order valence-corrected chi connectivity index (χ0v) is 12.7. The van der Waals surface area contributed by atoms with E-state index in [1.165, 1.54) is 15.0 Å². The minimum atomic E-state index is -0.264. The van der Waals surface area contributed by atoms with Crippen LogP contribution in [0, 0.1) is 0 Å². The van der Waals surface area contributed by atoms with Gasteiger partial charge in [-0.15, -0.1) is 5.10 Å². The molecule has 5 nitrogen and oxygen atoms in total. The second-order valence-electron chi connectivity index (χ2n) is 5.37. The van der Waals surface area contributed by atoms with Crippen LogP contribution >= 0.6 is 0 Å². The summed E-state index contributed by atoms with van der Waals surface area (Å²) in [6.45, 7) is 4.36. The number of aromatic nitrogens is 4. The van der Waals surface area contributed by atoms with Gasteiger partial charge in [0.15, 0.2) is 11.4 Å². The van der Waals surface area contributed by atoms with Crippen molar-refractivity contribution in [2.45, 2.75) is 26.2 Å². The Balaban J connectivity index is 1.96. The Morgan fingerprint density at radius 1 is 1.14 bits per heavy atom. The summed E-state index contributed by atoms with van der Waals surface area (Å²) in [5.41, 5.74) is 2.57. The fraction of sp³-hybridized carbons (Fsp3) is 0.235. The topological polar surface area (TPSA) is 54.6 Å². The summed E-state index contributed by atoms with van der Waals surface area (Å²) < 4.78 is 1.37. The van der Waals surface area contributed by atoms with E-state index in [1.54, 1.807) is 0 Å². The first-order valence-corrected chi connectivity index (χ1v) is 7.46. The van der Waals surface area contributed by atoms with Crippen molar-refractivity contribution in [1.29, 1.82) is 0 Å². The van der Waals surface area contributed by atoms with Crippen molar-refractivity contribution in [1.82, 2.24) is 15.0 Å². The lowest BCUT2D eigenvalue weighted by atomic mass is 9.99. The van der Waals surface area contributed by atoms with Gasteiger partial charge in [-0.1, -0.05) is 44.2 Å². The Hall–Kier alpha value is -2.69. The van der Waals surface area contributed by atoms with Gasteiger partial charge in [0.25, 0.3) is 0 Å². The Labute approximate surface area is 128 Å². The van der Waals surface area contributed by atoms with Crippen molar-refractivity contribution in [3.05, 3.63) is 70.6 Å². The lowest BCUT2D eigenvalue weighted by molar-refractivity contribution is -0.718. The third-order valence-electron chi connectivity index (χ3n) is 3.89. The van der Waals surface area contributed by atoms with E-state index in [0.717, 1.165) is 17.8 Å². The highest BCUT2D eigenvalue weighted by Crippen LogP contribution is 2.19.